The molecule has 1 aliphatic heterocycles. The molecule has 0 unspecified atom stereocenters. The van der Waals surface area contributed by atoms with E-state index < -0.39 is 6.16 Å². The summed E-state index contributed by atoms with van der Waals surface area (Å²) in [5, 5.41) is 13.3. The molecule has 3 aromatic carbocycles. The Kier molecular flexibility index (Phi) is 6.03. The first kappa shape index (κ1) is 23.1. The summed E-state index contributed by atoms with van der Waals surface area (Å²) in [6.45, 7) is 0.577. The Bertz CT molecular complexity index is 1600. The zero-order valence-corrected chi connectivity index (χ0v) is 21.0. The van der Waals surface area contributed by atoms with Crippen molar-refractivity contribution >= 4 is 55.9 Å². The highest BCUT2D eigenvalue weighted by Crippen LogP contribution is 2.42. The Balaban J connectivity index is 1.33. The predicted octanol–water partition coefficient (Wildman–Crippen LogP) is 7.13. The van der Waals surface area contributed by atoms with Crippen molar-refractivity contribution in [1.82, 2.24) is 9.97 Å². The highest BCUT2D eigenvalue weighted by molar-refractivity contribution is 7.22. The first-order valence-electron chi connectivity index (χ1n) is 11.6. The van der Waals surface area contributed by atoms with Crippen molar-refractivity contribution in [1.29, 1.82) is 0 Å². The Hall–Kier alpha value is -4.28. The first-order chi connectivity index (χ1) is 18.0. The number of carboxylic acid groups (broad SMARTS) is 1. The van der Waals surface area contributed by atoms with Gasteiger partial charge in [-0.15, -0.1) is 11.3 Å². The van der Waals surface area contributed by atoms with Crippen LogP contribution in [0.15, 0.2) is 72.8 Å². The minimum Gasteiger partial charge on any atom is -0.449 e. The molecule has 3 heterocycles. The summed E-state index contributed by atoms with van der Waals surface area (Å²) in [6.07, 6.45) is 0.296. The lowest BCUT2D eigenvalue weighted by Gasteiger charge is -2.29. The lowest BCUT2D eigenvalue weighted by Crippen LogP contribution is -2.38. The van der Waals surface area contributed by atoms with Gasteiger partial charge < -0.3 is 9.84 Å². The van der Waals surface area contributed by atoms with Crippen molar-refractivity contribution in [2.75, 3.05) is 16.8 Å². The van der Waals surface area contributed by atoms with Gasteiger partial charge >= 0.3 is 12.2 Å². The number of thiazole rings is 2. The third-order valence-electron chi connectivity index (χ3n) is 6.02. The monoisotopic (exact) mass is 528 g/mol. The molecule has 0 fully saturated rings. The van der Waals surface area contributed by atoms with Crippen molar-refractivity contribution in [2.24, 2.45) is 0 Å². The van der Waals surface area contributed by atoms with Crippen molar-refractivity contribution < 1.29 is 19.4 Å². The molecule has 6 rings (SSSR count). The zero-order chi connectivity index (χ0) is 25.4. The number of hydrogen-bond acceptors (Lipinski definition) is 7. The van der Waals surface area contributed by atoms with Gasteiger partial charge in [0.1, 0.15) is 5.01 Å². The molecule has 37 heavy (non-hydrogen) atoms. The molecule has 1 aliphatic rings. The molecule has 2 aromatic heterocycles. The SMILES string of the molecule is O=C(O)Oc1nc(-c2ccc3c(c2)N(C(=O)Nc2nc4ccccc4s2)CCC3)sc1-c1ccccc1. The first-order valence-corrected chi connectivity index (χ1v) is 13.2. The normalized spacial score (nSPS) is 12.8. The Morgan fingerprint density at radius 1 is 0.946 bits per heavy atom. The van der Waals surface area contributed by atoms with E-state index in [0.29, 0.717) is 21.6 Å². The standard InChI is InChI=1S/C27H20N4O4S2/c32-26(30-25-28-19-10-4-5-11-21(19)36-25)31-14-6-9-16-12-13-18(15-20(16)31)24-29-23(35-27(33)34)22(37-24)17-7-2-1-3-8-17/h1-5,7-8,10-13,15H,6,9,14H2,(H,33,34)(H,28,30,32). The van der Waals surface area contributed by atoms with Gasteiger partial charge in [-0.1, -0.05) is 65.9 Å². The van der Waals surface area contributed by atoms with Crippen LogP contribution in [-0.4, -0.2) is 33.8 Å². The van der Waals surface area contributed by atoms with Gasteiger partial charge in [0, 0.05) is 17.8 Å². The number of nitrogens with one attached hydrogen (secondary N) is 1. The Morgan fingerprint density at radius 2 is 1.76 bits per heavy atom. The van der Waals surface area contributed by atoms with E-state index in [-0.39, 0.29) is 11.9 Å². The van der Waals surface area contributed by atoms with E-state index in [1.54, 1.807) is 4.90 Å². The van der Waals surface area contributed by atoms with Gasteiger partial charge in [0.2, 0.25) is 5.88 Å². The number of urea groups is 1. The number of hydrogen-bond donors (Lipinski definition) is 2. The third-order valence-corrected chi connectivity index (χ3v) is 8.11. The predicted molar refractivity (Wildman–Crippen MR) is 146 cm³/mol. The molecule has 0 radical (unpaired) electrons. The topological polar surface area (TPSA) is 105 Å². The minimum atomic E-state index is -1.42. The molecular formula is C27H20N4O4S2. The van der Waals surface area contributed by atoms with E-state index in [2.05, 4.69) is 15.3 Å². The number of benzene rings is 3. The largest absolute Gasteiger partial charge is 0.512 e. The van der Waals surface area contributed by atoms with Gasteiger partial charge in [0.15, 0.2) is 5.13 Å². The highest BCUT2D eigenvalue weighted by atomic mass is 32.1. The smallest absolute Gasteiger partial charge is 0.449 e. The molecule has 0 saturated carbocycles. The second kappa shape index (κ2) is 9.64. The van der Waals surface area contributed by atoms with E-state index >= 15 is 0 Å². The maximum atomic E-state index is 13.3. The van der Waals surface area contributed by atoms with Crippen LogP contribution >= 0.6 is 22.7 Å². The average molecular weight is 529 g/mol. The maximum Gasteiger partial charge on any atom is 0.512 e. The lowest BCUT2D eigenvalue weighted by molar-refractivity contribution is 0.143. The quantitative estimate of drug-likeness (QED) is 0.241. The van der Waals surface area contributed by atoms with Crippen molar-refractivity contribution in [3.8, 4) is 26.9 Å². The molecular weight excluding hydrogens is 508 g/mol. The van der Waals surface area contributed by atoms with Crippen molar-refractivity contribution in [3.63, 3.8) is 0 Å². The molecule has 0 spiro atoms. The van der Waals surface area contributed by atoms with Gasteiger partial charge in [0.05, 0.1) is 15.1 Å². The molecule has 10 heteroatoms. The van der Waals surface area contributed by atoms with Crippen molar-refractivity contribution in [2.45, 2.75) is 12.8 Å². The van der Waals surface area contributed by atoms with Crippen LogP contribution in [-0.2, 0) is 6.42 Å². The second-order valence-electron chi connectivity index (χ2n) is 8.40. The van der Waals surface area contributed by atoms with Crippen LogP contribution in [0.4, 0.5) is 20.4 Å². The van der Waals surface area contributed by atoms with E-state index in [0.717, 1.165) is 45.4 Å². The fourth-order valence-electron chi connectivity index (χ4n) is 4.36. The number of aryl methyl sites for hydroxylation is 1. The summed E-state index contributed by atoms with van der Waals surface area (Å²) in [6, 6.07) is 22.8. The number of anilines is 2. The summed E-state index contributed by atoms with van der Waals surface area (Å²) >= 11 is 2.78. The number of fused-ring (bicyclic) bond motifs is 2. The molecule has 0 aliphatic carbocycles. The molecule has 0 atom stereocenters. The van der Waals surface area contributed by atoms with Crippen LogP contribution in [0, 0.1) is 0 Å². The fraction of sp³-hybridized carbons (Fsp3) is 0.111. The fourth-order valence-corrected chi connectivity index (χ4v) is 6.21. The maximum absolute atomic E-state index is 13.3. The van der Waals surface area contributed by atoms with Gasteiger partial charge in [-0.3, -0.25) is 10.2 Å². The third kappa shape index (κ3) is 4.64. The molecule has 0 bridgehead atoms. The molecule has 184 valence electrons. The van der Waals surface area contributed by atoms with Gasteiger partial charge in [-0.2, -0.15) is 0 Å². The van der Waals surface area contributed by atoms with Gasteiger partial charge in [-0.25, -0.2) is 19.6 Å². The van der Waals surface area contributed by atoms with Crippen LogP contribution in [0.25, 0.3) is 31.2 Å². The summed E-state index contributed by atoms with van der Waals surface area (Å²) in [4.78, 5) is 36.0. The van der Waals surface area contributed by atoms with E-state index in [4.69, 9.17) is 4.74 Å². The number of para-hydroxylation sites is 1. The number of ether oxygens (including phenoxy) is 1. The highest BCUT2D eigenvalue weighted by Gasteiger charge is 2.25. The molecule has 2 N–H and O–H groups in total. The number of amides is 2. The summed E-state index contributed by atoms with van der Waals surface area (Å²) in [7, 11) is 0. The van der Waals surface area contributed by atoms with Crippen molar-refractivity contribution in [3.05, 3.63) is 78.4 Å². The number of aromatic nitrogens is 2. The molecule has 5 aromatic rings. The average Bonchev–Trinajstić information content (AvgIpc) is 3.51. The molecule has 0 saturated heterocycles. The van der Waals surface area contributed by atoms with Crippen LogP contribution in [0.3, 0.4) is 0 Å². The Labute approximate surface area is 219 Å². The molecule has 8 nitrogen and oxygen atoms in total. The van der Waals surface area contributed by atoms with Gasteiger partial charge in [-0.05, 0) is 42.2 Å². The zero-order valence-electron chi connectivity index (χ0n) is 19.4. The number of carbonyl (C=O) groups excluding carboxylic acids is 1. The number of rotatable bonds is 4. The van der Waals surface area contributed by atoms with E-state index in [1.807, 2.05) is 72.8 Å². The van der Waals surface area contributed by atoms with Gasteiger partial charge in [0.25, 0.3) is 0 Å². The lowest BCUT2D eigenvalue weighted by atomic mass is 10.00. The van der Waals surface area contributed by atoms with Crippen LogP contribution in [0.5, 0.6) is 5.88 Å². The second-order valence-corrected chi connectivity index (χ2v) is 10.4. The number of carbonyl (C=O) groups is 2. The van der Waals surface area contributed by atoms with E-state index in [9.17, 15) is 14.7 Å². The number of nitrogens with zero attached hydrogens (tertiary/aromatic N) is 3. The summed E-state index contributed by atoms with van der Waals surface area (Å²) in [5.41, 5.74) is 4.32. The minimum absolute atomic E-state index is 0.0434. The van der Waals surface area contributed by atoms with Crippen LogP contribution in [0.1, 0.15) is 12.0 Å². The summed E-state index contributed by atoms with van der Waals surface area (Å²) in [5.74, 6) is 0.0434. The van der Waals surface area contributed by atoms with Crippen LogP contribution < -0.4 is 15.0 Å². The summed E-state index contributed by atoms with van der Waals surface area (Å²) < 4.78 is 6.01. The van der Waals surface area contributed by atoms with E-state index in [1.165, 1.54) is 22.7 Å². The Morgan fingerprint density at radius 3 is 2.57 bits per heavy atom. The molecule has 2 amide bonds. The van der Waals surface area contributed by atoms with Crippen LogP contribution in [0.2, 0.25) is 0 Å².